The molecule has 23 heavy (non-hydrogen) atoms. The van der Waals surface area contributed by atoms with E-state index in [4.69, 9.17) is 0 Å². The van der Waals surface area contributed by atoms with Gasteiger partial charge in [-0.05, 0) is 54.3 Å². The number of nitrogens with zero attached hydrogens (tertiary/aromatic N) is 1. The highest BCUT2D eigenvalue weighted by Gasteiger charge is 2.05. The van der Waals surface area contributed by atoms with Crippen molar-refractivity contribution in [3.63, 3.8) is 0 Å². The van der Waals surface area contributed by atoms with Gasteiger partial charge < -0.3 is 9.88 Å². The highest BCUT2D eigenvalue weighted by atomic mass is 32.2. The first-order valence-electron chi connectivity index (χ1n) is 7.41. The van der Waals surface area contributed by atoms with Gasteiger partial charge in [-0.3, -0.25) is 4.79 Å². The monoisotopic (exact) mass is 322 g/mol. The maximum absolute atomic E-state index is 12.2. The van der Waals surface area contributed by atoms with Crippen molar-refractivity contribution in [3.8, 4) is 5.69 Å². The number of carbonyl (C=O) groups excluding carboxylic acids is 1. The van der Waals surface area contributed by atoms with E-state index < -0.39 is 0 Å². The quantitative estimate of drug-likeness (QED) is 0.707. The lowest BCUT2D eigenvalue weighted by atomic mass is 10.1. The minimum Gasteiger partial charge on any atom is -0.326 e. The normalized spacial score (nSPS) is 10.5. The SMILES string of the molecule is CSc1cccc(NC(=O)Cc2ccc(-n3cccc3)cc2)c1. The molecule has 1 heterocycles. The second-order valence-corrected chi connectivity index (χ2v) is 6.09. The van der Waals surface area contributed by atoms with Gasteiger partial charge in [0.1, 0.15) is 0 Å². The van der Waals surface area contributed by atoms with Crippen molar-refractivity contribution < 1.29 is 4.79 Å². The molecule has 0 atom stereocenters. The second-order valence-electron chi connectivity index (χ2n) is 5.21. The number of thioether (sulfide) groups is 1. The van der Waals surface area contributed by atoms with Gasteiger partial charge >= 0.3 is 0 Å². The van der Waals surface area contributed by atoms with Crippen molar-refractivity contribution >= 4 is 23.4 Å². The predicted octanol–water partition coefficient (Wildman–Crippen LogP) is 4.38. The summed E-state index contributed by atoms with van der Waals surface area (Å²) >= 11 is 1.66. The van der Waals surface area contributed by atoms with Crippen LogP contribution in [0.4, 0.5) is 5.69 Å². The molecular formula is C19H18N2OS. The van der Waals surface area contributed by atoms with Gasteiger partial charge in [0.2, 0.25) is 5.91 Å². The molecule has 1 N–H and O–H groups in total. The van der Waals surface area contributed by atoms with Crippen LogP contribution in [0.25, 0.3) is 5.69 Å². The van der Waals surface area contributed by atoms with E-state index in [9.17, 15) is 4.79 Å². The highest BCUT2D eigenvalue weighted by Crippen LogP contribution is 2.19. The Balaban J connectivity index is 1.63. The molecule has 0 fully saturated rings. The summed E-state index contributed by atoms with van der Waals surface area (Å²) in [6.07, 6.45) is 6.39. The lowest BCUT2D eigenvalue weighted by Gasteiger charge is -2.08. The summed E-state index contributed by atoms with van der Waals surface area (Å²) in [5, 5.41) is 2.95. The van der Waals surface area contributed by atoms with E-state index in [1.807, 2.05) is 83.9 Å². The third-order valence-electron chi connectivity index (χ3n) is 3.56. The Morgan fingerprint density at radius 3 is 2.48 bits per heavy atom. The van der Waals surface area contributed by atoms with Crippen LogP contribution in [0.3, 0.4) is 0 Å². The third-order valence-corrected chi connectivity index (χ3v) is 4.28. The molecule has 3 rings (SSSR count). The number of benzene rings is 2. The Hall–Kier alpha value is -2.46. The lowest BCUT2D eigenvalue weighted by Crippen LogP contribution is -2.14. The van der Waals surface area contributed by atoms with Gasteiger partial charge in [-0.15, -0.1) is 11.8 Å². The van der Waals surface area contributed by atoms with Crippen molar-refractivity contribution in [2.24, 2.45) is 0 Å². The zero-order valence-electron chi connectivity index (χ0n) is 12.9. The van der Waals surface area contributed by atoms with Gasteiger partial charge in [-0.1, -0.05) is 18.2 Å². The summed E-state index contributed by atoms with van der Waals surface area (Å²) < 4.78 is 2.04. The van der Waals surface area contributed by atoms with Crippen molar-refractivity contribution in [3.05, 3.63) is 78.6 Å². The van der Waals surface area contributed by atoms with E-state index >= 15 is 0 Å². The van der Waals surface area contributed by atoms with Crippen molar-refractivity contribution in [1.82, 2.24) is 4.57 Å². The second kappa shape index (κ2) is 7.20. The first kappa shape index (κ1) is 15.4. The third kappa shape index (κ3) is 4.05. The van der Waals surface area contributed by atoms with Gasteiger partial charge in [0.05, 0.1) is 6.42 Å². The molecule has 0 spiro atoms. The summed E-state index contributed by atoms with van der Waals surface area (Å²) in [5.74, 6) is -0.00281. The number of hydrogen-bond acceptors (Lipinski definition) is 2. The molecule has 0 aliphatic carbocycles. The predicted molar refractivity (Wildman–Crippen MR) is 96.3 cm³/mol. The summed E-state index contributed by atoms with van der Waals surface area (Å²) in [6, 6.07) is 19.9. The fourth-order valence-electron chi connectivity index (χ4n) is 2.38. The topological polar surface area (TPSA) is 34.0 Å². The molecule has 1 aromatic heterocycles. The molecule has 2 aromatic carbocycles. The summed E-state index contributed by atoms with van der Waals surface area (Å²) in [4.78, 5) is 13.3. The fraction of sp³-hybridized carbons (Fsp3) is 0.105. The molecule has 0 saturated carbocycles. The van der Waals surface area contributed by atoms with Crippen molar-refractivity contribution in [2.45, 2.75) is 11.3 Å². The van der Waals surface area contributed by atoms with Gasteiger partial charge in [-0.25, -0.2) is 0 Å². The zero-order valence-corrected chi connectivity index (χ0v) is 13.7. The number of aromatic nitrogens is 1. The van der Waals surface area contributed by atoms with E-state index in [1.54, 1.807) is 11.8 Å². The van der Waals surface area contributed by atoms with Gasteiger partial charge in [0.15, 0.2) is 0 Å². The van der Waals surface area contributed by atoms with Crippen LogP contribution in [0.2, 0.25) is 0 Å². The van der Waals surface area contributed by atoms with Crippen LogP contribution in [0.1, 0.15) is 5.56 Å². The Morgan fingerprint density at radius 1 is 1.04 bits per heavy atom. The fourth-order valence-corrected chi connectivity index (χ4v) is 2.84. The Bertz CT molecular complexity index is 779. The number of amides is 1. The molecule has 0 unspecified atom stereocenters. The molecule has 116 valence electrons. The summed E-state index contributed by atoms with van der Waals surface area (Å²) in [6.45, 7) is 0. The maximum atomic E-state index is 12.2. The average Bonchev–Trinajstić information content (AvgIpc) is 3.10. The maximum Gasteiger partial charge on any atom is 0.228 e. The standard InChI is InChI=1S/C19H18N2OS/c1-23-18-6-4-5-16(14-18)20-19(22)13-15-7-9-17(10-8-15)21-11-2-3-12-21/h2-12,14H,13H2,1H3,(H,20,22). The van der Waals surface area contributed by atoms with Crippen molar-refractivity contribution in [1.29, 1.82) is 0 Å². The molecule has 0 radical (unpaired) electrons. The number of carbonyl (C=O) groups is 1. The van der Waals surface area contributed by atoms with E-state index in [-0.39, 0.29) is 5.91 Å². The smallest absolute Gasteiger partial charge is 0.228 e. The molecule has 3 aromatic rings. The molecule has 0 saturated heterocycles. The van der Waals surface area contributed by atoms with E-state index in [0.29, 0.717) is 6.42 Å². The minimum absolute atomic E-state index is 0.00281. The number of rotatable bonds is 5. The van der Waals surface area contributed by atoms with Crippen LogP contribution in [0, 0.1) is 0 Å². The number of anilines is 1. The zero-order chi connectivity index (χ0) is 16.1. The molecular weight excluding hydrogens is 304 g/mol. The average molecular weight is 322 g/mol. The van der Waals surface area contributed by atoms with Gasteiger partial charge in [0, 0.05) is 28.7 Å². The highest BCUT2D eigenvalue weighted by molar-refractivity contribution is 7.98. The summed E-state index contributed by atoms with van der Waals surface area (Å²) in [5.41, 5.74) is 2.93. The molecule has 0 aliphatic rings. The van der Waals surface area contributed by atoms with E-state index in [2.05, 4.69) is 5.32 Å². The van der Waals surface area contributed by atoms with Crippen molar-refractivity contribution in [2.75, 3.05) is 11.6 Å². The first-order chi connectivity index (χ1) is 11.2. The Morgan fingerprint density at radius 2 is 1.78 bits per heavy atom. The molecule has 3 nitrogen and oxygen atoms in total. The van der Waals surface area contributed by atoms with E-state index in [1.165, 1.54) is 0 Å². The van der Waals surface area contributed by atoms with Crippen LogP contribution in [-0.4, -0.2) is 16.7 Å². The molecule has 0 bridgehead atoms. The number of nitrogens with one attached hydrogen (secondary N) is 1. The summed E-state index contributed by atoms with van der Waals surface area (Å²) in [7, 11) is 0. The minimum atomic E-state index is -0.00281. The van der Waals surface area contributed by atoms with Crippen LogP contribution < -0.4 is 5.32 Å². The molecule has 0 aliphatic heterocycles. The van der Waals surface area contributed by atoms with Crippen LogP contribution in [-0.2, 0) is 11.2 Å². The van der Waals surface area contributed by atoms with Crippen LogP contribution >= 0.6 is 11.8 Å². The lowest BCUT2D eigenvalue weighted by molar-refractivity contribution is -0.115. The molecule has 1 amide bonds. The van der Waals surface area contributed by atoms with E-state index in [0.717, 1.165) is 21.8 Å². The molecule has 4 heteroatoms. The largest absolute Gasteiger partial charge is 0.326 e. The first-order valence-corrected chi connectivity index (χ1v) is 8.63. The van der Waals surface area contributed by atoms with Crippen LogP contribution in [0.15, 0.2) is 78.0 Å². The number of hydrogen-bond donors (Lipinski definition) is 1. The Kier molecular flexibility index (Phi) is 4.83. The van der Waals surface area contributed by atoms with Crippen LogP contribution in [0.5, 0.6) is 0 Å². The van der Waals surface area contributed by atoms with Gasteiger partial charge in [-0.2, -0.15) is 0 Å². The van der Waals surface area contributed by atoms with Gasteiger partial charge in [0.25, 0.3) is 0 Å². The Labute approximate surface area is 140 Å².